The Labute approximate surface area is 203 Å². The summed E-state index contributed by atoms with van der Waals surface area (Å²) in [7, 11) is 0. The number of benzene rings is 1. The lowest BCUT2D eigenvalue weighted by atomic mass is 9.80. The summed E-state index contributed by atoms with van der Waals surface area (Å²) in [4.78, 5) is 27.2. The lowest BCUT2D eigenvalue weighted by Crippen LogP contribution is -2.43. The molecule has 1 fully saturated rings. The Morgan fingerprint density at radius 3 is 2.50 bits per heavy atom. The molecular weight excluding hydrogens is 455 g/mol. The maximum Gasteiger partial charge on any atom is 0.309 e. The van der Waals surface area contributed by atoms with E-state index in [0.717, 1.165) is 0 Å². The van der Waals surface area contributed by atoms with Crippen molar-refractivity contribution in [2.75, 3.05) is 30.0 Å². The number of hydrogen-bond acceptors (Lipinski definition) is 8. The van der Waals surface area contributed by atoms with E-state index in [2.05, 4.69) is 38.4 Å². The maximum atomic E-state index is 15.6. The van der Waals surface area contributed by atoms with Gasteiger partial charge >= 0.3 is 5.97 Å². The van der Waals surface area contributed by atoms with Crippen LogP contribution >= 0.6 is 12.6 Å². The standard InChI is InChI=1S/C24H27FN6O2S/c1-3-29-30-20-19(25)16(12-17(21(20)34)18-6-4-5-9-26-18)15-13-27-23(28-14-15)31-10-7-24(2,8-11-31)22(32)33/h4-6,9,12-14,29-30,34H,3,7-8,10-11H2,1-2H3,(H,32,33). The van der Waals surface area contributed by atoms with Crippen molar-refractivity contribution in [3.05, 3.63) is 48.7 Å². The summed E-state index contributed by atoms with van der Waals surface area (Å²) in [6.45, 7) is 5.35. The molecule has 178 valence electrons. The summed E-state index contributed by atoms with van der Waals surface area (Å²) in [5, 5.41) is 9.44. The van der Waals surface area contributed by atoms with Crippen molar-refractivity contribution in [1.82, 2.24) is 20.4 Å². The number of carbonyl (C=O) groups is 1. The third kappa shape index (κ3) is 4.69. The molecule has 1 saturated heterocycles. The number of aromatic nitrogens is 3. The van der Waals surface area contributed by atoms with Crippen LogP contribution in [0.3, 0.4) is 0 Å². The van der Waals surface area contributed by atoms with Crippen LogP contribution in [0, 0.1) is 11.2 Å². The van der Waals surface area contributed by atoms with E-state index >= 15 is 4.39 Å². The number of aliphatic carboxylic acids is 1. The molecule has 0 saturated carbocycles. The van der Waals surface area contributed by atoms with Crippen molar-refractivity contribution in [3.63, 3.8) is 0 Å². The maximum absolute atomic E-state index is 15.6. The van der Waals surface area contributed by atoms with Gasteiger partial charge in [0, 0.05) is 59.8 Å². The van der Waals surface area contributed by atoms with Crippen LogP contribution in [-0.2, 0) is 4.79 Å². The molecule has 0 aliphatic carbocycles. The van der Waals surface area contributed by atoms with Crippen LogP contribution in [0.25, 0.3) is 22.4 Å². The second-order valence-electron chi connectivity index (χ2n) is 8.50. The Morgan fingerprint density at radius 1 is 1.21 bits per heavy atom. The number of hydrogen-bond donors (Lipinski definition) is 4. The first-order valence-corrected chi connectivity index (χ1v) is 11.6. The van der Waals surface area contributed by atoms with Crippen molar-refractivity contribution >= 4 is 30.2 Å². The molecule has 34 heavy (non-hydrogen) atoms. The van der Waals surface area contributed by atoms with E-state index in [1.165, 1.54) is 0 Å². The molecule has 8 nitrogen and oxygen atoms in total. The minimum atomic E-state index is -0.780. The van der Waals surface area contributed by atoms with Gasteiger partial charge in [-0.25, -0.2) is 19.8 Å². The van der Waals surface area contributed by atoms with E-state index in [4.69, 9.17) is 0 Å². The fourth-order valence-corrected chi connectivity index (χ4v) is 4.24. The van der Waals surface area contributed by atoms with Crippen LogP contribution < -0.4 is 15.8 Å². The van der Waals surface area contributed by atoms with Crippen molar-refractivity contribution < 1.29 is 14.3 Å². The Morgan fingerprint density at radius 2 is 1.91 bits per heavy atom. The highest BCUT2D eigenvalue weighted by Crippen LogP contribution is 2.39. The lowest BCUT2D eigenvalue weighted by molar-refractivity contribution is -0.149. The van der Waals surface area contributed by atoms with Crippen LogP contribution in [0.1, 0.15) is 26.7 Å². The molecule has 0 radical (unpaired) electrons. The van der Waals surface area contributed by atoms with E-state index in [9.17, 15) is 9.90 Å². The summed E-state index contributed by atoms with van der Waals surface area (Å²) < 4.78 is 15.6. The predicted molar refractivity (Wildman–Crippen MR) is 132 cm³/mol. The fourth-order valence-electron chi connectivity index (χ4n) is 3.91. The molecule has 0 atom stereocenters. The minimum absolute atomic E-state index is 0.219. The molecule has 0 bridgehead atoms. The molecule has 3 heterocycles. The molecular formula is C24H27FN6O2S. The normalized spacial score (nSPS) is 15.2. The zero-order valence-corrected chi connectivity index (χ0v) is 19.9. The number of thiol groups is 1. The Bertz CT molecular complexity index is 1170. The van der Waals surface area contributed by atoms with E-state index in [1.54, 1.807) is 31.6 Å². The molecule has 1 aliphatic rings. The first kappa shape index (κ1) is 23.9. The third-order valence-corrected chi connectivity index (χ3v) is 6.65. The molecule has 3 N–H and O–H groups in total. The molecule has 4 rings (SSSR count). The molecule has 0 amide bonds. The topological polar surface area (TPSA) is 103 Å². The molecule has 0 spiro atoms. The molecule has 1 aromatic carbocycles. The van der Waals surface area contributed by atoms with E-state index in [0.29, 0.717) is 65.7 Å². The molecule has 2 aromatic heterocycles. The minimum Gasteiger partial charge on any atom is -0.481 e. The number of anilines is 2. The molecule has 0 unspecified atom stereocenters. The van der Waals surface area contributed by atoms with Gasteiger partial charge in [0.1, 0.15) is 0 Å². The van der Waals surface area contributed by atoms with Crippen molar-refractivity contribution in [3.8, 4) is 22.4 Å². The number of nitrogens with zero attached hydrogens (tertiary/aromatic N) is 4. The van der Waals surface area contributed by atoms with E-state index in [1.807, 2.05) is 30.0 Å². The number of pyridine rings is 1. The van der Waals surface area contributed by atoms with Crippen LogP contribution in [-0.4, -0.2) is 45.7 Å². The molecule has 10 heteroatoms. The monoisotopic (exact) mass is 482 g/mol. The number of carboxylic acids is 1. The van der Waals surface area contributed by atoms with Crippen LogP contribution in [0.15, 0.2) is 47.8 Å². The van der Waals surface area contributed by atoms with Gasteiger partial charge in [-0.15, -0.1) is 12.6 Å². The van der Waals surface area contributed by atoms with E-state index < -0.39 is 17.2 Å². The summed E-state index contributed by atoms with van der Waals surface area (Å²) in [5.74, 6) is -0.757. The Kier molecular flexibility index (Phi) is 6.99. The fraction of sp³-hybridized carbons (Fsp3) is 0.333. The predicted octanol–water partition coefficient (Wildman–Crippen LogP) is 4.26. The van der Waals surface area contributed by atoms with Gasteiger partial charge < -0.3 is 15.4 Å². The van der Waals surface area contributed by atoms with Gasteiger partial charge in [0.05, 0.1) is 16.8 Å². The van der Waals surface area contributed by atoms with Crippen LogP contribution in [0.4, 0.5) is 16.0 Å². The number of piperidine rings is 1. The molecule has 1 aliphatic heterocycles. The lowest BCUT2D eigenvalue weighted by Gasteiger charge is -2.36. The number of halogens is 1. The summed E-state index contributed by atoms with van der Waals surface area (Å²) >= 11 is 4.58. The molecule has 3 aromatic rings. The SMILES string of the molecule is CCNNc1c(F)c(-c2cnc(N3CCC(C)(C(=O)O)CC3)nc2)cc(-c2ccccn2)c1S. The first-order valence-electron chi connectivity index (χ1n) is 11.1. The highest BCUT2D eigenvalue weighted by molar-refractivity contribution is 7.80. The average Bonchev–Trinajstić information content (AvgIpc) is 2.85. The van der Waals surface area contributed by atoms with Gasteiger partial charge in [-0.2, -0.15) is 0 Å². The average molecular weight is 483 g/mol. The van der Waals surface area contributed by atoms with Gasteiger partial charge in [0.25, 0.3) is 0 Å². The summed E-state index contributed by atoms with van der Waals surface area (Å²) in [6.07, 6.45) is 5.87. The largest absolute Gasteiger partial charge is 0.481 e. The van der Waals surface area contributed by atoms with Crippen LogP contribution in [0.2, 0.25) is 0 Å². The van der Waals surface area contributed by atoms with Gasteiger partial charge in [-0.3, -0.25) is 9.78 Å². The first-order chi connectivity index (χ1) is 16.3. The number of carboxylic acid groups (broad SMARTS) is 1. The highest BCUT2D eigenvalue weighted by Gasteiger charge is 2.37. The van der Waals surface area contributed by atoms with Gasteiger partial charge in [-0.1, -0.05) is 13.0 Å². The van der Waals surface area contributed by atoms with Crippen molar-refractivity contribution in [2.45, 2.75) is 31.6 Å². The van der Waals surface area contributed by atoms with Gasteiger partial charge in [0.15, 0.2) is 5.82 Å². The Balaban J connectivity index is 1.67. The smallest absolute Gasteiger partial charge is 0.309 e. The summed E-state index contributed by atoms with van der Waals surface area (Å²) in [6, 6.07) is 7.22. The zero-order chi connectivity index (χ0) is 24.3. The second kappa shape index (κ2) is 9.94. The highest BCUT2D eigenvalue weighted by atomic mass is 32.1. The van der Waals surface area contributed by atoms with Crippen molar-refractivity contribution in [2.24, 2.45) is 5.41 Å². The third-order valence-electron chi connectivity index (χ3n) is 6.18. The van der Waals surface area contributed by atoms with Crippen molar-refractivity contribution in [1.29, 1.82) is 0 Å². The van der Waals surface area contributed by atoms with Crippen LogP contribution in [0.5, 0.6) is 0 Å². The quantitative estimate of drug-likeness (QED) is 0.293. The number of rotatable bonds is 7. The van der Waals surface area contributed by atoms with Gasteiger partial charge in [-0.05, 0) is 38.0 Å². The summed E-state index contributed by atoms with van der Waals surface area (Å²) in [5.41, 5.74) is 7.50. The van der Waals surface area contributed by atoms with E-state index in [-0.39, 0.29) is 5.69 Å². The number of nitrogens with one attached hydrogen (secondary N) is 2. The Hall–Kier alpha value is -3.24. The second-order valence-corrected chi connectivity index (χ2v) is 8.95. The number of hydrazine groups is 1. The van der Waals surface area contributed by atoms with Gasteiger partial charge in [0.2, 0.25) is 5.95 Å². The zero-order valence-electron chi connectivity index (χ0n) is 19.0.